The van der Waals surface area contributed by atoms with Crippen LogP contribution in [0.25, 0.3) is 0 Å². The summed E-state index contributed by atoms with van der Waals surface area (Å²) >= 11 is 6.01. The third-order valence-corrected chi connectivity index (χ3v) is 2.79. The van der Waals surface area contributed by atoms with Gasteiger partial charge in [0.2, 0.25) is 0 Å². The SMILES string of the molecule is CCC[C@H](N)c1c(F)ccc(C)c1Cl.Cl. The minimum absolute atomic E-state index is 0. The van der Waals surface area contributed by atoms with Gasteiger partial charge in [-0.1, -0.05) is 31.0 Å². The molecule has 15 heavy (non-hydrogen) atoms. The second-order valence-electron chi connectivity index (χ2n) is 3.49. The molecule has 1 aromatic carbocycles. The summed E-state index contributed by atoms with van der Waals surface area (Å²) in [5.41, 5.74) is 7.17. The van der Waals surface area contributed by atoms with Gasteiger partial charge in [-0.2, -0.15) is 0 Å². The smallest absolute Gasteiger partial charge is 0.129 e. The van der Waals surface area contributed by atoms with E-state index >= 15 is 0 Å². The van der Waals surface area contributed by atoms with Gasteiger partial charge in [0.15, 0.2) is 0 Å². The summed E-state index contributed by atoms with van der Waals surface area (Å²) in [5, 5.41) is 0.464. The Morgan fingerprint density at radius 1 is 1.47 bits per heavy atom. The van der Waals surface area contributed by atoms with Crippen molar-refractivity contribution in [1.29, 1.82) is 0 Å². The maximum atomic E-state index is 13.4. The molecule has 1 atom stereocenters. The van der Waals surface area contributed by atoms with Crippen LogP contribution in [0.4, 0.5) is 4.39 Å². The Bertz CT molecular complexity index is 329. The zero-order chi connectivity index (χ0) is 10.7. The van der Waals surface area contributed by atoms with Crippen LogP contribution in [0.2, 0.25) is 5.02 Å². The maximum absolute atomic E-state index is 13.4. The number of nitrogens with two attached hydrogens (primary N) is 1. The molecule has 0 bridgehead atoms. The number of benzene rings is 1. The highest BCUT2D eigenvalue weighted by atomic mass is 35.5. The van der Waals surface area contributed by atoms with E-state index < -0.39 is 0 Å². The van der Waals surface area contributed by atoms with Gasteiger partial charge in [-0.3, -0.25) is 0 Å². The molecule has 0 unspecified atom stereocenters. The molecule has 0 aliphatic rings. The first-order valence-electron chi connectivity index (χ1n) is 4.78. The van der Waals surface area contributed by atoms with Gasteiger partial charge in [0.25, 0.3) is 0 Å². The van der Waals surface area contributed by atoms with E-state index in [2.05, 4.69) is 0 Å². The Balaban J connectivity index is 0.00000196. The molecule has 4 heteroatoms. The molecule has 0 aliphatic heterocycles. The summed E-state index contributed by atoms with van der Waals surface area (Å²) in [7, 11) is 0. The average molecular weight is 252 g/mol. The van der Waals surface area contributed by atoms with Crippen LogP contribution in [0.15, 0.2) is 12.1 Å². The summed E-state index contributed by atoms with van der Waals surface area (Å²) in [4.78, 5) is 0. The molecular weight excluding hydrogens is 236 g/mol. The van der Waals surface area contributed by atoms with Crippen molar-refractivity contribution in [2.45, 2.75) is 32.7 Å². The molecule has 0 amide bonds. The lowest BCUT2D eigenvalue weighted by Crippen LogP contribution is -2.12. The van der Waals surface area contributed by atoms with Crippen LogP contribution < -0.4 is 5.73 Å². The van der Waals surface area contributed by atoms with E-state index in [0.717, 1.165) is 18.4 Å². The molecule has 2 N–H and O–H groups in total. The van der Waals surface area contributed by atoms with Gasteiger partial charge in [0.1, 0.15) is 5.82 Å². The molecule has 0 fully saturated rings. The van der Waals surface area contributed by atoms with E-state index in [1.54, 1.807) is 6.07 Å². The fraction of sp³-hybridized carbons (Fsp3) is 0.455. The number of hydrogen-bond acceptors (Lipinski definition) is 1. The Morgan fingerprint density at radius 2 is 2.07 bits per heavy atom. The number of aryl methyl sites for hydroxylation is 1. The zero-order valence-electron chi connectivity index (χ0n) is 8.89. The predicted octanol–water partition coefficient (Wildman–Crippen LogP) is 4.01. The Morgan fingerprint density at radius 3 is 2.60 bits per heavy atom. The van der Waals surface area contributed by atoms with Crippen LogP contribution >= 0.6 is 24.0 Å². The minimum atomic E-state index is -0.304. The molecular formula is C11H16Cl2FN. The van der Waals surface area contributed by atoms with E-state index in [1.807, 2.05) is 13.8 Å². The Kier molecular flexibility index (Phi) is 6.18. The molecule has 0 aromatic heterocycles. The van der Waals surface area contributed by atoms with Crippen molar-refractivity contribution in [2.75, 3.05) is 0 Å². The van der Waals surface area contributed by atoms with Crippen LogP contribution in [0, 0.1) is 12.7 Å². The Hall–Kier alpha value is -0.310. The normalized spacial score (nSPS) is 12.1. The van der Waals surface area contributed by atoms with Crippen molar-refractivity contribution >= 4 is 24.0 Å². The van der Waals surface area contributed by atoms with Crippen LogP contribution in [0.1, 0.15) is 36.9 Å². The highest BCUT2D eigenvalue weighted by Crippen LogP contribution is 2.29. The highest BCUT2D eigenvalue weighted by molar-refractivity contribution is 6.32. The van der Waals surface area contributed by atoms with Crippen LogP contribution in [-0.2, 0) is 0 Å². The number of rotatable bonds is 3. The van der Waals surface area contributed by atoms with Gasteiger partial charge >= 0.3 is 0 Å². The predicted molar refractivity (Wildman–Crippen MR) is 65.2 cm³/mol. The number of halogens is 3. The molecule has 0 spiro atoms. The Labute approximate surface area is 101 Å². The first-order chi connectivity index (χ1) is 6.57. The van der Waals surface area contributed by atoms with Crippen LogP contribution in [0.3, 0.4) is 0 Å². The summed E-state index contributed by atoms with van der Waals surface area (Å²) in [6.45, 7) is 3.87. The lowest BCUT2D eigenvalue weighted by atomic mass is 10.0. The summed E-state index contributed by atoms with van der Waals surface area (Å²) in [5.74, 6) is -0.304. The fourth-order valence-corrected chi connectivity index (χ4v) is 1.77. The molecule has 1 aromatic rings. The molecule has 0 heterocycles. The van der Waals surface area contributed by atoms with Crippen molar-refractivity contribution < 1.29 is 4.39 Å². The monoisotopic (exact) mass is 251 g/mol. The van der Waals surface area contributed by atoms with E-state index in [1.165, 1.54) is 6.07 Å². The summed E-state index contributed by atoms with van der Waals surface area (Å²) < 4.78 is 13.4. The summed E-state index contributed by atoms with van der Waals surface area (Å²) in [6, 6.07) is 2.79. The van der Waals surface area contributed by atoms with Gasteiger partial charge in [-0.15, -0.1) is 12.4 Å². The second-order valence-corrected chi connectivity index (χ2v) is 3.87. The molecule has 0 aliphatic carbocycles. The molecule has 86 valence electrons. The topological polar surface area (TPSA) is 26.0 Å². The largest absolute Gasteiger partial charge is 0.324 e. The first-order valence-corrected chi connectivity index (χ1v) is 5.15. The van der Waals surface area contributed by atoms with Crippen LogP contribution in [0.5, 0.6) is 0 Å². The van der Waals surface area contributed by atoms with E-state index in [-0.39, 0.29) is 24.3 Å². The molecule has 0 radical (unpaired) electrons. The third-order valence-electron chi connectivity index (χ3n) is 2.29. The average Bonchev–Trinajstić information content (AvgIpc) is 2.13. The van der Waals surface area contributed by atoms with Crippen molar-refractivity contribution in [1.82, 2.24) is 0 Å². The first kappa shape index (κ1) is 14.7. The van der Waals surface area contributed by atoms with Crippen molar-refractivity contribution in [3.05, 3.63) is 34.1 Å². The van der Waals surface area contributed by atoms with Gasteiger partial charge in [-0.05, 0) is 25.0 Å². The van der Waals surface area contributed by atoms with Gasteiger partial charge in [-0.25, -0.2) is 4.39 Å². The lowest BCUT2D eigenvalue weighted by molar-refractivity contribution is 0.559. The highest BCUT2D eigenvalue weighted by Gasteiger charge is 2.15. The summed E-state index contributed by atoms with van der Waals surface area (Å²) in [6.07, 6.45) is 1.67. The fourth-order valence-electron chi connectivity index (χ4n) is 1.47. The van der Waals surface area contributed by atoms with E-state index in [4.69, 9.17) is 17.3 Å². The number of hydrogen-bond donors (Lipinski definition) is 1. The lowest BCUT2D eigenvalue weighted by Gasteiger charge is -2.15. The van der Waals surface area contributed by atoms with Crippen molar-refractivity contribution in [2.24, 2.45) is 5.73 Å². The molecule has 0 saturated carbocycles. The second kappa shape index (κ2) is 6.31. The minimum Gasteiger partial charge on any atom is -0.324 e. The van der Waals surface area contributed by atoms with Gasteiger partial charge in [0, 0.05) is 11.6 Å². The zero-order valence-corrected chi connectivity index (χ0v) is 10.5. The van der Waals surface area contributed by atoms with Gasteiger partial charge < -0.3 is 5.73 Å². The van der Waals surface area contributed by atoms with Gasteiger partial charge in [0.05, 0.1) is 5.02 Å². The molecule has 1 nitrogen and oxygen atoms in total. The molecule has 1 rings (SSSR count). The molecule has 0 saturated heterocycles. The third kappa shape index (κ3) is 3.33. The van der Waals surface area contributed by atoms with Crippen LogP contribution in [-0.4, -0.2) is 0 Å². The van der Waals surface area contributed by atoms with E-state index in [0.29, 0.717) is 10.6 Å². The quantitative estimate of drug-likeness (QED) is 0.864. The van der Waals surface area contributed by atoms with E-state index in [9.17, 15) is 4.39 Å². The standard InChI is InChI=1S/C11H15ClFN.ClH/c1-3-4-9(14)10-8(13)6-5-7(2)11(10)12;/h5-6,9H,3-4,14H2,1-2H3;1H/t9-;/m0./s1. The maximum Gasteiger partial charge on any atom is 0.129 e. The van der Waals surface area contributed by atoms with Crippen molar-refractivity contribution in [3.63, 3.8) is 0 Å². The van der Waals surface area contributed by atoms with Crippen molar-refractivity contribution in [3.8, 4) is 0 Å².